The fourth-order valence-corrected chi connectivity index (χ4v) is 2.67. The normalized spacial score (nSPS) is 15.5. The van der Waals surface area contributed by atoms with Gasteiger partial charge in [0.05, 0.1) is 0 Å². The third-order valence-electron chi connectivity index (χ3n) is 4.18. The first-order valence-electron chi connectivity index (χ1n) is 8.25. The summed E-state index contributed by atoms with van der Waals surface area (Å²) in [6, 6.07) is 7.81. The van der Waals surface area contributed by atoms with Crippen LogP contribution in [0.15, 0.2) is 24.3 Å². The quantitative estimate of drug-likeness (QED) is 0.911. The fourth-order valence-electron chi connectivity index (χ4n) is 2.67. The molecule has 0 bridgehead atoms. The Hall–Kier alpha value is -2.04. The van der Waals surface area contributed by atoms with Crippen LogP contribution in [0, 0.1) is 0 Å². The molecule has 3 amide bonds. The van der Waals surface area contributed by atoms with Gasteiger partial charge in [0.1, 0.15) is 0 Å². The molecule has 2 rings (SSSR count). The molecule has 0 aromatic heterocycles. The predicted octanol–water partition coefficient (Wildman–Crippen LogP) is 2.47. The van der Waals surface area contributed by atoms with Crippen LogP contribution in [0.4, 0.5) is 4.79 Å². The van der Waals surface area contributed by atoms with E-state index in [2.05, 4.69) is 26.1 Å². The molecule has 1 aliphatic heterocycles. The van der Waals surface area contributed by atoms with Crippen LogP contribution in [-0.4, -0.2) is 54.5 Å². The molecule has 1 fully saturated rings. The molecule has 126 valence electrons. The van der Waals surface area contributed by atoms with Gasteiger partial charge in [-0.1, -0.05) is 32.9 Å². The lowest BCUT2D eigenvalue weighted by Gasteiger charge is -2.34. The summed E-state index contributed by atoms with van der Waals surface area (Å²) >= 11 is 0. The number of piperazine rings is 1. The van der Waals surface area contributed by atoms with Crippen molar-refractivity contribution in [3.8, 4) is 0 Å². The number of urea groups is 1. The number of hydrogen-bond acceptors (Lipinski definition) is 2. The van der Waals surface area contributed by atoms with Crippen molar-refractivity contribution >= 4 is 11.9 Å². The number of nitrogens with zero attached hydrogens (tertiary/aromatic N) is 2. The Bertz CT molecular complexity index is 553. The molecule has 0 unspecified atom stereocenters. The Kier molecular flexibility index (Phi) is 5.29. The summed E-state index contributed by atoms with van der Waals surface area (Å²) in [6.45, 7) is 11.3. The van der Waals surface area contributed by atoms with E-state index in [1.807, 2.05) is 36.1 Å². The minimum absolute atomic E-state index is 0.0426. The molecular formula is C18H27N3O2. The van der Waals surface area contributed by atoms with Crippen molar-refractivity contribution in [1.29, 1.82) is 0 Å². The first-order chi connectivity index (χ1) is 10.8. The SMILES string of the molecule is CCNC(=O)N1CCN(C(=O)c2ccc(C(C)(C)C)cc2)CC1. The van der Waals surface area contributed by atoms with Crippen LogP contribution < -0.4 is 5.32 Å². The lowest BCUT2D eigenvalue weighted by atomic mass is 9.86. The average molecular weight is 317 g/mol. The second kappa shape index (κ2) is 7.02. The number of rotatable bonds is 2. The molecule has 0 radical (unpaired) electrons. The van der Waals surface area contributed by atoms with Crippen molar-refractivity contribution in [2.75, 3.05) is 32.7 Å². The lowest BCUT2D eigenvalue weighted by Crippen LogP contribution is -2.53. The van der Waals surface area contributed by atoms with Crippen molar-refractivity contribution in [1.82, 2.24) is 15.1 Å². The van der Waals surface area contributed by atoms with Gasteiger partial charge in [0.25, 0.3) is 5.91 Å². The summed E-state index contributed by atoms with van der Waals surface area (Å²) in [5.74, 6) is 0.0426. The fraction of sp³-hybridized carbons (Fsp3) is 0.556. The van der Waals surface area contributed by atoms with Gasteiger partial charge < -0.3 is 15.1 Å². The van der Waals surface area contributed by atoms with Crippen LogP contribution in [-0.2, 0) is 5.41 Å². The standard InChI is InChI=1S/C18H27N3O2/c1-5-19-17(23)21-12-10-20(11-13-21)16(22)14-6-8-15(9-7-14)18(2,3)4/h6-9H,5,10-13H2,1-4H3,(H,19,23). The number of benzene rings is 1. The molecule has 0 spiro atoms. The summed E-state index contributed by atoms with van der Waals surface area (Å²) in [4.78, 5) is 27.9. The molecule has 5 heteroatoms. The second-order valence-corrected chi connectivity index (χ2v) is 6.94. The summed E-state index contributed by atoms with van der Waals surface area (Å²) in [7, 11) is 0. The van der Waals surface area contributed by atoms with E-state index in [9.17, 15) is 9.59 Å². The molecule has 5 nitrogen and oxygen atoms in total. The van der Waals surface area contributed by atoms with Crippen molar-refractivity contribution in [3.05, 3.63) is 35.4 Å². The van der Waals surface area contributed by atoms with E-state index < -0.39 is 0 Å². The van der Waals surface area contributed by atoms with Gasteiger partial charge in [0.2, 0.25) is 0 Å². The number of carbonyl (C=O) groups is 2. The zero-order valence-electron chi connectivity index (χ0n) is 14.6. The van der Waals surface area contributed by atoms with Gasteiger partial charge in [0, 0.05) is 38.3 Å². The Balaban J connectivity index is 1.96. The third-order valence-corrected chi connectivity index (χ3v) is 4.18. The van der Waals surface area contributed by atoms with Gasteiger partial charge >= 0.3 is 6.03 Å². The maximum absolute atomic E-state index is 12.6. The van der Waals surface area contributed by atoms with Crippen molar-refractivity contribution < 1.29 is 9.59 Å². The molecular weight excluding hydrogens is 290 g/mol. The summed E-state index contributed by atoms with van der Waals surface area (Å²) < 4.78 is 0. The monoisotopic (exact) mass is 317 g/mol. The van der Waals surface area contributed by atoms with E-state index in [-0.39, 0.29) is 17.4 Å². The molecule has 0 atom stereocenters. The van der Waals surface area contributed by atoms with E-state index in [0.29, 0.717) is 38.3 Å². The van der Waals surface area contributed by atoms with E-state index in [1.165, 1.54) is 5.56 Å². The largest absolute Gasteiger partial charge is 0.338 e. The predicted molar refractivity (Wildman–Crippen MR) is 91.7 cm³/mol. The van der Waals surface area contributed by atoms with Gasteiger partial charge in [-0.05, 0) is 30.0 Å². The molecule has 1 aliphatic rings. The highest BCUT2D eigenvalue weighted by atomic mass is 16.2. The highest BCUT2D eigenvalue weighted by molar-refractivity contribution is 5.94. The zero-order valence-corrected chi connectivity index (χ0v) is 14.6. The number of amides is 3. The van der Waals surface area contributed by atoms with Crippen LogP contribution in [0.3, 0.4) is 0 Å². The molecule has 1 aromatic rings. The average Bonchev–Trinajstić information content (AvgIpc) is 2.54. The zero-order chi connectivity index (χ0) is 17.0. The van der Waals surface area contributed by atoms with Crippen LogP contribution in [0.1, 0.15) is 43.6 Å². The van der Waals surface area contributed by atoms with Crippen LogP contribution in [0.25, 0.3) is 0 Å². The molecule has 1 heterocycles. The minimum atomic E-state index is -0.0471. The molecule has 0 aliphatic carbocycles. The maximum Gasteiger partial charge on any atom is 0.317 e. The van der Waals surface area contributed by atoms with Crippen molar-refractivity contribution in [3.63, 3.8) is 0 Å². The van der Waals surface area contributed by atoms with Gasteiger partial charge in [-0.2, -0.15) is 0 Å². The molecule has 1 saturated heterocycles. The molecule has 1 N–H and O–H groups in total. The molecule has 1 aromatic carbocycles. The highest BCUT2D eigenvalue weighted by Crippen LogP contribution is 2.22. The number of carbonyl (C=O) groups excluding carboxylic acids is 2. The van der Waals surface area contributed by atoms with Crippen LogP contribution in [0.2, 0.25) is 0 Å². The maximum atomic E-state index is 12.6. The smallest absolute Gasteiger partial charge is 0.317 e. The Morgan fingerprint density at radius 2 is 1.52 bits per heavy atom. The topological polar surface area (TPSA) is 52.7 Å². The molecule has 0 saturated carbocycles. The van der Waals surface area contributed by atoms with Gasteiger partial charge in [-0.3, -0.25) is 4.79 Å². The van der Waals surface area contributed by atoms with E-state index in [4.69, 9.17) is 0 Å². The summed E-state index contributed by atoms with van der Waals surface area (Å²) in [6.07, 6.45) is 0. The van der Waals surface area contributed by atoms with Crippen LogP contribution >= 0.6 is 0 Å². The van der Waals surface area contributed by atoms with Crippen molar-refractivity contribution in [2.45, 2.75) is 33.1 Å². The van der Waals surface area contributed by atoms with Gasteiger partial charge in [-0.25, -0.2) is 4.79 Å². The van der Waals surface area contributed by atoms with Crippen LogP contribution in [0.5, 0.6) is 0 Å². The lowest BCUT2D eigenvalue weighted by molar-refractivity contribution is 0.0665. The van der Waals surface area contributed by atoms with Gasteiger partial charge in [0.15, 0.2) is 0 Å². The Morgan fingerprint density at radius 1 is 1.00 bits per heavy atom. The van der Waals surface area contributed by atoms with E-state index in [0.717, 1.165) is 0 Å². The summed E-state index contributed by atoms with van der Waals surface area (Å²) in [5.41, 5.74) is 2.01. The molecule has 23 heavy (non-hydrogen) atoms. The number of hydrogen-bond donors (Lipinski definition) is 1. The summed E-state index contributed by atoms with van der Waals surface area (Å²) in [5, 5.41) is 2.79. The Morgan fingerprint density at radius 3 is 2.00 bits per heavy atom. The van der Waals surface area contributed by atoms with Gasteiger partial charge in [-0.15, -0.1) is 0 Å². The second-order valence-electron chi connectivity index (χ2n) is 6.94. The third kappa shape index (κ3) is 4.24. The first-order valence-corrected chi connectivity index (χ1v) is 8.25. The number of nitrogens with one attached hydrogen (secondary N) is 1. The first kappa shape index (κ1) is 17.3. The highest BCUT2D eigenvalue weighted by Gasteiger charge is 2.24. The van der Waals surface area contributed by atoms with Crippen molar-refractivity contribution in [2.24, 2.45) is 0 Å². The van der Waals surface area contributed by atoms with E-state index in [1.54, 1.807) is 4.90 Å². The Labute approximate surface area is 138 Å². The minimum Gasteiger partial charge on any atom is -0.338 e. The van der Waals surface area contributed by atoms with E-state index >= 15 is 0 Å².